The molecular weight excluding hydrogens is 152 g/mol. The molecule has 1 aromatic heterocycles. The molecule has 2 rings (SSSR count). The van der Waals surface area contributed by atoms with Gasteiger partial charge in [0.25, 0.3) is 0 Å². The van der Waals surface area contributed by atoms with Crippen LogP contribution in [0.3, 0.4) is 0 Å². The summed E-state index contributed by atoms with van der Waals surface area (Å²) in [6.07, 6.45) is 4.35. The molecule has 0 aromatic carbocycles. The molecule has 1 aliphatic rings. The highest BCUT2D eigenvalue weighted by atomic mass is 15.1. The average Bonchev–Trinajstić information content (AvgIpc) is 2.84. The molecule has 0 unspecified atom stereocenters. The number of anilines is 2. The number of nitrogens with one attached hydrogen (secondary N) is 1. The van der Waals surface area contributed by atoms with Crippen LogP contribution in [0.25, 0.3) is 0 Å². The van der Waals surface area contributed by atoms with Gasteiger partial charge >= 0.3 is 0 Å². The zero-order valence-corrected chi connectivity index (χ0v) is 6.83. The molecule has 1 fully saturated rings. The first-order chi connectivity index (χ1) is 5.84. The van der Waals surface area contributed by atoms with Gasteiger partial charge in [-0.1, -0.05) is 0 Å². The number of nitrogen functional groups attached to an aromatic ring is 1. The van der Waals surface area contributed by atoms with Crippen LogP contribution in [0.1, 0.15) is 12.8 Å². The fourth-order valence-corrected chi connectivity index (χ4v) is 1.04. The number of hydrogen-bond acceptors (Lipinski definition) is 4. The third-order valence-electron chi connectivity index (χ3n) is 1.94. The number of hydrogen-bond donors (Lipinski definition) is 2. The van der Waals surface area contributed by atoms with Crippen molar-refractivity contribution >= 4 is 11.8 Å². The van der Waals surface area contributed by atoms with Gasteiger partial charge in [0, 0.05) is 12.7 Å². The van der Waals surface area contributed by atoms with Crippen molar-refractivity contribution in [2.75, 3.05) is 17.6 Å². The molecule has 4 nitrogen and oxygen atoms in total. The summed E-state index contributed by atoms with van der Waals surface area (Å²) in [5.41, 5.74) is 5.42. The molecule has 4 heteroatoms. The minimum Gasteiger partial charge on any atom is -0.370 e. The van der Waals surface area contributed by atoms with Gasteiger partial charge in [-0.05, 0) is 24.8 Å². The summed E-state index contributed by atoms with van der Waals surface area (Å²) in [6, 6.07) is 1.83. The van der Waals surface area contributed by atoms with E-state index in [0.29, 0.717) is 5.95 Å². The quantitative estimate of drug-likeness (QED) is 0.696. The van der Waals surface area contributed by atoms with Crippen LogP contribution in [0.2, 0.25) is 0 Å². The van der Waals surface area contributed by atoms with Crippen molar-refractivity contribution in [3.8, 4) is 0 Å². The highest BCUT2D eigenvalue weighted by Gasteiger charge is 2.20. The van der Waals surface area contributed by atoms with Gasteiger partial charge in [-0.3, -0.25) is 0 Å². The normalized spacial score (nSPS) is 16.0. The fraction of sp³-hybridized carbons (Fsp3) is 0.500. The molecule has 0 atom stereocenters. The molecular formula is C8H12N4. The Kier molecular flexibility index (Phi) is 1.81. The van der Waals surface area contributed by atoms with Crippen LogP contribution >= 0.6 is 0 Å². The van der Waals surface area contributed by atoms with Gasteiger partial charge < -0.3 is 11.1 Å². The lowest BCUT2D eigenvalue weighted by Gasteiger charge is -2.03. The van der Waals surface area contributed by atoms with Gasteiger partial charge in [-0.25, -0.2) is 4.98 Å². The number of nitrogens with zero attached hydrogens (tertiary/aromatic N) is 2. The van der Waals surface area contributed by atoms with Crippen LogP contribution in [0.15, 0.2) is 12.3 Å². The van der Waals surface area contributed by atoms with Crippen LogP contribution in [-0.4, -0.2) is 16.5 Å². The molecule has 64 valence electrons. The molecule has 0 spiro atoms. The second-order valence-electron chi connectivity index (χ2n) is 3.12. The molecule has 1 aliphatic carbocycles. The predicted molar refractivity (Wildman–Crippen MR) is 47.7 cm³/mol. The molecule has 0 saturated heterocycles. The Labute approximate surface area is 71.2 Å². The summed E-state index contributed by atoms with van der Waals surface area (Å²) in [4.78, 5) is 7.84. The monoisotopic (exact) mass is 164 g/mol. The Morgan fingerprint density at radius 1 is 1.58 bits per heavy atom. The first-order valence-electron chi connectivity index (χ1n) is 4.17. The van der Waals surface area contributed by atoms with Crippen LogP contribution in [0.5, 0.6) is 0 Å². The summed E-state index contributed by atoms with van der Waals surface area (Å²) in [5, 5.41) is 3.22. The maximum Gasteiger partial charge on any atom is 0.221 e. The van der Waals surface area contributed by atoms with E-state index >= 15 is 0 Å². The maximum atomic E-state index is 5.42. The molecule has 1 saturated carbocycles. The highest BCUT2D eigenvalue weighted by molar-refractivity contribution is 5.37. The standard InChI is InChI=1S/C8H12N4/c9-8-10-4-3-7(12-8)11-5-6-1-2-6/h3-4,6H,1-2,5H2,(H3,9,10,11,12). The van der Waals surface area contributed by atoms with E-state index in [0.717, 1.165) is 18.3 Å². The zero-order valence-electron chi connectivity index (χ0n) is 6.83. The Bertz CT molecular complexity index is 270. The van der Waals surface area contributed by atoms with E-state index in [1.54, 1.807) is 6.20 Å². The predicted octanol–water partition coefficient (Wildman–Crippen LogP) is 0.881. The van der Waals surface area contributed by atoms with Crippen molar-refractivity contribution in [2.45, 2.75) is 12.8 Å². The first-order valence-corrected chi connectivity index (χ1v) is 4.17. The lowest BCUT2D eigenvalue weighted by Crippen LogP contribution is -2.06. The Balaban J connectivity index is 1.92. The fourth-order valence-electron chi connectivity index (χ4n) is 1.04. The van der Waals surface area contributed by atoms with Crippen molar-refractivity contribution in [1.29, 1.82) is 0 Å². The highest BCUT2D eigenvalue weighted by Crippen LogP contribution is 2.28. The van der Waals surface area contributed by atoms with E-state index in [-0.39, 0.29) is 0 Å². The molecule has 0 radical (unpaired) electrons. The van der Waals surface area contributed by atoms with Crippen molar-refractivity contribution in [2.24, 2.45) is 5.92 Å². The van der Waals surface area contributed by atoms with E-state index in [1.807, 2.05) is 6.07 Å². The molecule has 1 aromatic rings. The first kappa shape index (κ1) is 7.34. The van der Waals surface area contributed by atoms with Gasteiger partial charge in [0.2, 0.25) is 5.95 Å². The van der Waals surface area contributed by atoms with Crippen molar-refractivity contribution in [3.05, 3.63) is 12.3 Å². The lowest BCUT2D eigenvalue weighted by molar-refractivity contribution is 0.882. The summed E-state index contributed by atoms with van der Waals surface area (Å²) in [6.45, 7) is 1.01. The van der Waals surface area contributed by atoms with E-state index in [2.05, 4.69) is 15.3 Å². The topological polar surface area (TPSA) is 63.8 Å². The van der Waals surface area contributed by atoms with E-state index < -0.39 is 0 Å². The Hall–Kier alpha value is -1.32. The second-order valence-corrected chi connectivity index (χ2v) is 3.12. The molecule has 0 aliphatic heterocycles. The van der Waals surface area contributed by atoms with Crippen molar-refractivity contribution < 1.29 is 0 Å². The van der Waals surface area contributed by atoms with Gasteiger partial charge in [0.05, 0.1) is 0 Å². The molecule has 0 bridgehead atoms. The van der Waals surface area contributed by atoms with Crippen molar-refractivity contribution in [1.82, 2.24) is 9.97 Å². The Morgan fingerprint density at radius 3 is 3.08 bits per heavy atom. The zero-order chi connectivity index (χ0) is 8.39. The second kappa shape index (κ2) is 2.97. The number of nitrogens with two attached hydrogens (primary N) is 1. The SMILES string of the molecule is Nc1nccc(NCC2CC2)n1. The third kappa shape index (κ3) is 1.84. The summed E-state index contributed by atoms with van der Waals surface area (Å²) in [7, 11) is 0. The molecule has 1 heterocycles. The van der Waals surface area contributed by atoms with Gasteiger partial charge in [-0.15, -0.1) is 0 Å². The van der Waals surface area contributed by atoms with E-state index in [1.165, 1.54) is 12.8 Å². The van der Waals surface area contributed by atoms with Gasteiger partial charge in [0.1, 0.15) is 5.82 Å². The largest absolute Gasteiger partial charge is 0.370 e. The van der Waals surface area contributed by atoms with E-state index in [9.17, 15) is 0 Å². The summed E-state index contributed by atoms with van der Waals surface area (Å²) >= 11 is 0. The minimum atomic E-state index is 0.329. The lowest BCUT2D eigenvalue weighted by atomic mass is 10.4. The smallest absolute Gasteiger partial charge is 0.221 e. The van der Waals surface area contributed by atoms with Gasteiger partial charge in [-0.2, -0.15) is 4.98 Å². The number of aromatic nitrogens is 2. The van der Waals surface area contributed by atoms with Crippen LogP contribution < -0.4 is 11.1 Å². The third-order valence-corrected chi connectivity index (χ3v) is 1.94. The van der Waals surface area contributed by atoms with Crippen LogP contribution in [0, 0.1) is 5.92 Å². The van der Waals surface area contributed by atoms with Crippen LogP contribution in [0.4, 0.5) is 11.8 Å². The van der Waals surface area contributed by atoms with E-state index in [4.69, 9.17) is 5.73 Å². The Morgan fingerprint density at radius 2 is 2.42 bits per heavy atom. The van der Waals surface area contributed by atoms with Crippen molar-refractivity contribution in [3.63, 3.8) is 0 Å². The maximum absolute atomic E-state index is 5.42. The van der Waals surface area contributed by atoms with Crippen LogP contribution in [-0.2, 0) is 0 Å². The summed E-state index contributed by atoms with van der Waals surface area (Å²) < 4.78 is 0. The molecule has 12 heavy (non-hydrogen) atoms. The summed E-state index contributed by atoms with van der Waals surface area (Å²) in [5.74, 6) is 2.01. The average molecular weight is 164 g/mol. The minimum absolute atomic E-state index is 0.329. The molecule has 0 amide bonds. The molecule has 3 N–H and O–H groups in total. The number of rotatable bonds is 3. The van der Waals surface area contributed by atoms with Gasteiger partial charge in [0.15, 0.2) is 0 Å².